The zero-order valence-corrected chi connectivity index (χ0v) is 12.4. The largest absolute Gasteiger partial charge is 0.352 e. The van der Waals surface area contributed by atoms with Crippen LogP contribution < -0.4 is 10.6 Å². The third-order valence-electron chi connectivity index (χ3n) is 3.63. The number of piperidine rings is 1. The maximum atomic E-state index is 12.2. The molecule has 2 N–H and O–H groups in total. The number of carbonyl (C=O) groups is 1. The highest BCUT2D eigenvalue weighted by Gasteiger charge is 2.29. The van der Waals surface area contributed by atoms with Gasteiger partial charge >= 0.3 is 0 Å². The van der Waals surface area contributed by atoms with Crippen LogP contribution in [0, 0.1) is 0 Å². The number of fused-ring (bicyclic) bond motifs is 1. The molecule has 0 saturated carbocycles. The SMILES string of the molecule is Cl.O=C(NC1CCNCC1)C1Cc2ccccc2S1. The van der Waals surface area contributed by atoms with E-state index in [1.807, 2.05) is 12.1 Å². The molecule has 2 heterocycles. The number of hydrogen-bond acceptors (Lipinski definition) is 3. The minimum absolute atomic E-state index is 0. The summed E-state index contributed by atoms with van der Waals surface area (Å²) < 4.78 is 0. The first-order valence-electron chi connectivity index (χ1n) is 6.58. The Kier molecular flexibility index (Phi) is 5.13. The highest BCUT2D eigenvalue weighted by Crippen LogP contribution is 2.36. The van der Waals surface area contributed by atoms with Gasteiger partial charge in [0.15, 0.2) is 0 Å². The Bertz CT molecular complexity index is 424. The number of benzene rings is 1. The number of thioether (sulfide) groups is 1. The quantitative estimate of drug-likeness (QED) is 0.877. The fourth-order valence-corrected chi connectivity index (χ4v) is 3.79. The highest BCUT2D eigenvalue weighted by molar-refractivity contribution is 8.01. The number of nitrogens with one attached hydrogen (secondary N) is 2. The lowest BCUT2D eigenvalue weighted by Gasteiger charge is -2.24. The van der Waals surface area contributed by atoms with Crippen LogP contribution in [0.5, 0.6) is 0 Å². The standard InChI is InChI=1S/C14H18N2OS.ClH/c17-14(16-11-5-7-15-8-6-11)13-9-10-3-1-2-4-12(10)18-13;/h1-4,11,13,15H,5-9H2,(H,16,17);1H. The lowest BCUT2D eigenvalue weighted by Crippen LogP contribution is -2.45. The van der Waals surface area contributed by atoms with Gasteiger partial charge in [-0.25, -0.2) is 0 Å². The summed E-state index contributed by atoms with van der Waals surface area (Å²) in [5.41, 5.74) is 1.31. The normalized spacial score (nSPS) is 22.4. The van der Waals surface area contributed by atoms with Crippen molar-refractivity contribution in [3.8, 4) is 0 Å². The van der Waals surface area contributed by atoms with Crippen LogP contribution in [0.25, 0.3) is 0 Å². The predicted octanol–water partition coefficient (Wildman–Crippen LogP) is 1.99. The molecule has 0 aromatic heterocycles. The Morgan fingerprint density at radius 2 is 2.00 bits per heavy atom. The average molecular weight is 299 g/mol. The number of halogens is 1. The van der Waals surface area contributed by atoms with Gasteiger partial charge in [0.05, 0.1) is 5.25 Å². The van der Waals surface area contributed by atoms with E-state index in [1.54, 1.807) is 11.8 Å². The van der Waals surface area contributed by atoms with Gasteiger partial charge in [-0.2, -0.15) is 0 Å². The summed E-state index contributed by atoms with van der Waals surface area (Å²) in [5.74, 6) is 0.211. The van der Waals surface area contributed by atoms with Gasteiger partial charge in [0.25, 0.3) is 0 Å². The fourth-order valence-electron chi connectivity index (χ4n) is 2.59. The topological polar surface area (TPSA) is 41.1 Å². The van der Waals surface area contributed by atoms with Crippen molar-refractivity contribution >= 4 is 30.1 Å². The van der Waals surface area contributed by atoms with E-state index in [-0.39, 0.29) is 23.6 Å². The molecule has 0 aliphatic carbocycles. The van der Waals surface area contributed by atoms with Crippen molar-refractivity contribution in [3.63, 3.8) is 0 Å². The molecule has 2 aliphatic rings. The summed E-state index contributed by atoms with van der Waals surface area (Å²) >= 11 is 1.71. The molecule has 19 heavy (non-hydrogen) atoms. The third-order valence-corrected chi connectivity index (χ3v) is 4.94. The molecule has 1 fully saturated rings. The molecule has 2 aliphatic heterocycles. The molecular formula is C14H19ClN2OS. The second-order valence-corrected chi connectivity index (χ2v) is 6.20. The van der Waals surface area contributed by atoms with E-state index in [1.165, 1.54) is 10.5 Å². The van der Waals surface area contributed by atoms with Crippen molar-refractivity contribution in [1.82, 2.24) is 10.6 Å². The predicted molar refractivity (Wildman–Crippen MR) is 81.1 cm³/mol. The van der Waals surface area contributed by atoms with E-state index in [0.29, 0.717) is 6.04 Å². The lowest BCUT2D eigenvalue weighted by molar-refractivity contribution is -0.121. The van der Waals surface area contributed by atoms with E-state index in [0.717, 1.165) is 32.4 Å². The number of carbonyl (C=O) groups excluding carboxylic acids is 1. The van der Waals surface area contributed by atoms with E-state index < -0.39 is 0 Å². The zero-order chi connectivity index (χ0) is 12.4. The molecule has 1 amide bonds. The highest BCUT2D eigenvalue weighted by atomic mass is 35.5. The van der Waals surface area contributed by atoms with Gasteiger partial charge in [0.2, 0.25) is 5.91 Å². The molecule has 1 saturated heterocycles. The van der Waals surface area contributed by atoms with Crippen LogP contribution >= 0.6 is 24.2 Å². The van der Waals surface area contributed by atoms with Gasteiger partial charge in [-0.1, -0.05) is 18.2 Å². The van der Waals surface area contributed by atoms with Gasteiger partial charge in [-0.15, -0.1) is 24.2 Å². The van der Waals surface area contributed by atoms with Gasteiger partial charge in [-0.3, -0.25) is 4.79 Å². The van der Waals surface area contributed by atoms with Crippen LogP contribution in [-0.2, 0) is 11.2 Å². The number of rotatable bonds is 2. The second kappa shape index (κ2) is 6.64. The Hall–Kier alpha value is -0.710. The Balaban J connectivity index is 0.00000133. The molecular weight excluding hydrogens is 280 g/mol. The maximum Gasteiger partial charge on any atom is 0.234 e. The summed E-state index contributed by atoms with van der Waals surface area (Å²) in [4.78, 5) is 13.5. The lowest BCUT2D eigenvalue weighted by atomic mass is 10.1. The van der Waals surface area contributed by atoms with Crippen molar-refractivity contribution in [2.45, 2.75) is 35.4 Å². The van der Waals surface area contributed by atoms with E-state index in [9.17, 15) is 4.79 Å². The van der Waals surface area contributed by atoms with E-state index >= 15 is 0 Å². The summed E-state index contributed by atoms with van der Waals surface area (Å²) in [5, 5.41) is 6.58. The second-order valence-electron chi connectivity index (χ2n) is 4.95. The maximum absolute atomic E-state index is 12.2. The fraction of sp³-hybridized carbons (Fsp3) is 0.500. The molecule has 3 rings (SSSR count). The van der Waals surface area contributed by atoms with Crippen LogP contribution in [0.3, 0.4) is 0 Å². The Morgan fingerprint density at radius 3 is 2.74 bits per heavy atom. The van der Waals surface area contributed by atoms with Crippen molar-refractivity contribution in [2.24, 2.45) is 0 Å². The third kappa shape index (κ3) is 3.44. The summed E-state index contributed by atoms with van der Waals surface area (Å²) in [6.45, 7) is 2.03. The first-order valence-corrected chi connectivity index (χ1v) is 7.46. The molecule has 1 aromatic carbocycles. The van der Waals surface area contributed by atoms with Crippen LogP contribution in [0.4, 0.5) is 0 Å². The van der Waals surface area contributed by atoms with Crippen molar-refractivity contribution < 1.29 is 4.79 Å². The summed E-state index contributed by atoms with van der Waals surface area (Å²) in [7, 11) is 0. The molecule has 0 bridgehead atoms. The van der Waals surface area contributed by atoms with Gasteiger partial charge in [-0.05, 0) is 44.0 Å². The first kappa shape index (κ1) is 14.7. The van der Waals surface area contributed by atoms with Crippen LogP contribution in [0.15, 0.2) is 29.2 Å². The zero-order valence-electron chi connectivity index (χ0n) is 10.7. The molecule has 0 spiro atoms. The van der Waals surface area contributed by atoms with Gasteiger partial charge < -0.3 is 10.6 Å². The Labute approximate surface area is 124 Å². The van der Waals surface area contributed by atoms with Gasteiger partial charge in [0, 0.05) is 10.9 Å². The molecule has 5 heteroatoms. The Morgan fingerprint density at radius 1 is 1.26 bits per heavy atom. The first-order chi connectivity index (χ1) is 8.83. The summed E-state index contributed by atoms with van der Waals surface area (Å²) in [6.07, 6.45) is 2.98. The minimum Gasteiger partial charge on any atom is -0.352 e. The van der Waals surface area contributed by atoms with Crippen LogP contribution in [0.2, 0.25) is 0 Å². The van der Waals surface area contributed by atoms with Crippen molar-refractivity contribution in [1.29, 1.82) is 0 Å². The van der Waals surface area contributed by atoms with E-state index in [4.69, 9.17) is 0 Å². The summed E-state index contributed by atoms with van der Waals surface area (Å²) in [6, 6.07) is 8.69. The smallest absolute Gasteiger partial charge is 0.234 e. The molecule has 0 radical (unpaired) electrons. The van der Waals surface area contributed by atoms with Crippen molar-refractivity contribution in [3.05, 3.63) is 29.8 Å². The molecule has 1 aromatic rings. The molecule has 3 nitrogen and oxygen atoms in total. The minimum atomic E-state index is 0. The monoisotopic (exact) mass is 298 g/mol. The van der Waals surface area contributed by atoms with Gasteiger partial charge in [0.1, 0.15) is 0 Å². The van der Waals surface area contributed by atoms with Crippen LogP contribution in [0.1, 0.15) is 18.4 Å². The van der Waals surface area contributed by atoms with Crippen LogP contribution in [-0.4, -0.2) is 30.3 Å². The molecule has 1 unspecified atom stereocenters. The molecule has 1 atom stereocenters. The number of amides is 1. The van der Waals surface area contributed by atoms with E-state index in [2.05, 4.69) is 22.8 Å². The average Bonchev–Trinajstić information content (AvgIpc) is 2.84. The number of hydrogen-bond donors (Lipinski definition) is 2. The molecule has 104 valence electrons. The van der Waals surface area contributed by atoms with Crippen molar-refractivity contribution in [2.75, 3.05) is 13.1 Å².